The quantitative estimate of drug-likeness (QED) is 0.817. The van der Waals surface area contributed by atoms with Crippen LogP contribution < -0.4 is 0 Å². The number of aromatic nitrogens is 2. The normalized spacial score (nSPS) is 13.1. The molecule has 1 N–H and O–H groups in total. The van der Waals surface area contributed by atoms with Gasteiger partial charge in [-0.3, -0.25) is 4.68 Å². The molecular formula is C10H16N2O3. The lowest BCUT2D eigenvalue weighted by molar-refractivity contribution is -0.149. The fraction of sp³-hybridized carbons (Fsp3) is 0.600. The maximum Gasteiger partial charge on any atom is 0.339 e. The van der Waals surface area contributed by atoms with Gasteiger partial charge in [-0.25, -0.2) is 4.79 Å². The molecule has 1 unspecified atom stereocenters. The second-order valence-electron chi connectivity index (χ2n) is 3.73. The van der Waals surface area contributed by atoms with E-state index in [2.05, 4.69) is 5.10 Å². The van der Waals surface area contributed by atoms with Crippen LogP contribution in [0.1, 0.15) is 37.3 Å². The first-order chi connectivity index (χ1) is 6.97. The van der Waals surface area contributed by atoms with Crippen molar-refractivity contribution in [3.05, 3.63) is 17.5 Å². The molecule has 0 radical (unpaired) electrons. The smallest absolute Gasteiger partial charge is 0.339 e. The minimum atomic E-state index is -1.00. The van der Waals surface area contributed by atoms with E-state index in [-0.39, 0.29) is 5.92 Å². The second-order valence-corrected chi connectivity index (χ2v) is 3.73. The Morgan fingerprint density at radius 1 is 1.60 bits per heavy atom. The lowest BCUT2D eigenvalue weighted by atomic mass is 10.1. The first-order valence-electron chi connectivity index (χ1n) is 4.76. The van der Waals surface area contributed by atoms with E-state index in [4.69, 9.17) is 9.84 Å². The Morgan fingerprint density at radius 2 is 2.20 bits per heavy atom. The third-order valence-electron chi connectivity index (χ3n) is 2.26. The predicted octanol–water partition coefficient (Wildman–Crippen LogP) is 1.32. The SMILES string of the molecule is COC(C(=O)O)c1cc(C(C)C)nn1C. The number of rotatable bonds is 4. The molecule has 0 amide bonds. The second kappa shape index (κ2) is 4.44. The molecule has 5 heteroatoms. The molecule has 0 bridgehead atoms. The number of aliphatic carboxylic acids is 1. The Kier molecular flexibility index (Phi) is 3.47. The molecule has 84 valence electrons. The highest BCUT2D eigenvalue weighted by Crippen LogP contribution is 2.21. The van der Waals surface area contributed by atoms with Gasteiger partial charge in [0.05, 0.1) is 11.4 Å². The maximum absolute atomic E-state index is 10.9. The molecular weight excluding hydrogens is 196 g/mol. The zero-order chi connectivity index (χ0) is 11.6. The summed E-state index contributed by atoms with van der Waals surface area (Å²) in [6.07, 6.45) is -0.949. The van der Waals surface area contributed by atoms with Gasteiger partial charge < -0.3 is 9.84 Å². The minimum absolute atomic E-state index is 0.274. The number of carbonyl (C=O) groups is 1. The van der Waals surface area contributed by atoms with Crippen LogP contribution in [0.15, 0.2) is 6.07 Å². The van der Waals surface area contributed by atoms with E-state index in [1.165, 1.54) is 7.11 Å². The Hall–Kier alpha value is -1.36. The van der Waals surface area contributed by atoms with Gasteiger partial charge in [0.2, 0.25) is 0 Å². The monoisotopic (exact) mass is 212 g/mol. The number of hydrogen-bond acceptors (Lipinski definition) is 3. The zero-order valence-corrected chi connectivity index (χ0v) is 9.39. The summed E-state index contributed by atoms with van der Waals surface area (Å²) in [6, 6.07) is 1.77. The van der Waals surface area contributed by atoms with Crippen molar-refractivity contribution in [3.63, 3.8) is 0 Å². The molecule has 1 aromatic heterocycles. The first-order valence-corrected chi connectivity index (χ1v) is 4.76. The van der Waals surface area contributed by atoms with Crippen molar-refractivity contribution >= 4 is 5.97 Å². The third-order valence-corrected chi connectivity index (χ3v) is 2.26. The predicted molar refractivity (Wildman–Crippen MR) is 54.7 cm³/mol. The summed E-state index contributed by atoms with van der Waals surface area (Å²) in [7, 11) is 3.09. The van der Waals surface area contributed by atoms with E-state index in [1.54, 1.807) is 17.8 Å². The number of carboxylic acids is 1. The highest BCUT2D eigenvalue weighted by molar-refractivity contribution is 5.73. The van der Waals surface area contributed by atoms with Crippen molar-refractivity contribution < 1.29 is 14.6 Å². The molecule has 15 heavy (non-hydrogen) atoms. The number of nitrogens with zero attached hydrogens (tertiary/aromatic N) is 2. The van der Waals surface area contributed by atoms with Gasteiger partial charge in [-0.1, -0.05) is 13.8 Å². The number of ether oxygens (including phenoxy) is 1. The van der Waals surface area contributed by atoms with Crippen molar-refractivity contribution in [1.82, 2.24) is 9.78 Å². The summed E-state index contributed by atoms with van der Waals surface area (Å²) < 4.78 is 6.46. The number of hydrogen-bond donors (Lipinski definition) is 1. The highest BCUT2D eigenvalue weighted by Gasteiger charge is 2.23. The van der Waals surface area contributed by atoms with Crippen LogP contribution >= 0.6 is 0 Å². The van der Waals surface area contributed by atoms with Gasteiger partial charge in [-0.05, 0) is 12.0 Å². The molecule has 0 fully saturated rings. The molecule has 1 heterocycles. The largest absolute Gasteiger partial charge is 0.479 e. The van der Waals surface area contributed by atoms with E-state index in [9.17, 15) is 4.79 Å². The fourth-order valence-corrected chi connectivity index (χ4v) is 1.38. The number of aryl methyl sites for hydroxylation is 1. The summed E-state index contributed by atoms with van der Waals surface area (Å²) >= 11 is 0. The van der Waals surface area contributed by atoms with E-state index >= 15 is 0 Å². The average molecular weight is 212 g/mol. The van der Waals surface area contributed by atoms with Gasteiger partial charge in [0, 0.05) is 14.2 Å². The Morgan fingerprint density at radius 3 is 2.53 bits per heavy atom. The van der Waals surface area contributed by atoms with E-state index < -0.39 is 12.1 Å². The van der Waals surface area contributed by atoms with Crippen LogP contribution in [0.4, 0.5) is 0 Å². The molecule has 5 nitrogen and oxygen atoms in total. The van der Waals surface area contributed by atoms with Crippen molar-refractivity contribution in [1.29, 1.82) is 0 Å². The van der Waals surface area contributed by atoms with Gasteiger partial charge in [0.25, 0.3) is 0 Å². The molecule has 0 aliphatic carbocycles. The van der Waals surface area contributed by atoms with Gasteiger partial charge in [-0.2, -0.15) is 5.10 Å². The van der Waals surface area contributed by atoms with Crippen LogP contribution in [0, 0.1) is 0 Å². The Labute approximate surface area is 88.7 Å². The number of methoxy groups -OCH3 is 1. The summed E-state index contributed by atoms with van der Waals surface area (Å²) in [4.78, 5) is 10.9. The zero-order valence-electron chi connectivity index (χ0n) is 9.39. The lowest BCUT2D eigenvalue weighted by Crippen LogP contribution is -2.16. The molecule has 0 saturated carbocycles. The van der Waals surface area contributed by atoms with Gasteiger partial charge in [-0.15, -0.1) is 0 Å². The Balaban J connectivity index is 3.07. The van der Waals surface area contributed by atoms with E-state index in [0.717, 1.165) is 5.69 Å². The lowest BCUT2D eigenvalue weighted by Gasteiger charge is -2.09. The van der Waals surface area contributed by atoms with Crippen molar-refractivity contribution in [2.75, 3.05) is 7.11 Å². The molecule has 0 saturated heterocycles. The van der Waals surface area contributed by atoms with Crippen molar-refractivity contribution in [2.24, 2.45) is 7.05 Å². The molecule has 0 aliphatic rings. The summed E-state index contributed by atoms with van der Waals surface area (Å²) in [6.45, 7) is 4.02. The number of carboxylic acid groups (broad SMARTS) is 1. The summed E-state index contributed by atoms with van der Waals surface area (Å²) in [5.74, 6) is -0.730. The third kappa shape index (κ3) is 2.36. The van der Waals surface area contributed by atoms with Gasteiger partial charge in [0.1, 0.15) is 0 Å². The van der Waals surface area contributed by atoms with Gasteiger partial charge in [0.15, 0.2) is 6.10 Å². The summed E-state index contributed by atoms with van der Waals surface area (Å²) in [5, 5.41) is 13.2. The van der Waals surface area contributed by atoms with Crippen LogP contribution in [0.3, 0.4) is 0 Å². The highest BCUT2D eigenvalue weighted by atomic mass is 16.5. The first kappa shape index (κ1) is 11.7. The van der Waals surface area contributed by atoms with Crippen LogP contribution in [0.25, 0.3) is 0 Å². The Bertz CT molecular complexity index is 358. The topological polar surface area (TPSA) is 64.3 Å². The fourth-order valence-electron chi connectivity index (χ4n) is 1.38. The van der Waals surface area contributed by atoms with Crippen LogP contribution in [0.2, 0.25) is 0 Å². The van der Waals surface area contributed by atoms with Crippen molar-refractivity contribution in [2.45, 2.75) is 25.9 Å². The average Bonchev–Trinajstić information content (AvgIpc) is 2.49. The molecule has 1 atom stereocenters. The molecule has 1 rings (SSSR count). The standard InChI is InChI=1S/C10H16N2O3/c1-6(2)7-5-8(12(3)11-7)9(15-4)10(13)14/h5-6,9H,1-4H3,(H,13,14). The van der Waals surface area contributed by atoms with Gasteiger partial charge >= 0.3 is 5.97 Å². The molecule has 0 spiro atoms. The van der Waals surface area contributed by atoms with E-state index in [0.29, 0.717) is 5.69 Å². The maximum atomic E-state index is 10.9. The molecule has 0 aromatic carbocycles. The minimum Gasteiger partial charge on any atom is -0.479 e. The van der Waals surface area contributed by atoms with E-state index in [1.807, 2.05) is 13.8 Å². The summed E-state index contributed by atoms with van der Waals surface area (Å²) in [5.41, 5.74) is 1.43. The molecule has 1 aromatic rings. The van der Waals surface area contributed by atoms with Crippen molar-refractivity contribution in [3.8, 4) is 0 Å². The van der Waals surface area contributed by atoms with Crippen LogP contribution in [-0.2, 0) is 16.6 Å². The molecule has 0 aliphatic heterocycles. The van der Waals surface area contributed by atoms with Crippen LogP contribution in [0.5, 0.6) is 0 Å². The van der Waals surface area contributed by atoms with Crippen LogP contribution in [-0.4, -0.2) is 28.0 Å².